The molecule has 23 heavy (non-hydrogen) atoms. The van der Waals surface area contributed by atoms with Crippen molar-refractivity contribution in [2.45, 2.75) is 43.6 Å². The largest absolute Gasteiger partial charge is 0.379 e. The van der Waals surface area contributed by atoms with Crippen molar-refractivity contribution in [1.29, 1.82) is 0 Å². The number of carbonyl (C=O) groups is 1. The smallest absolute Gasteiger partial charge is 0.315 e. The van der Waals surface area contributed by atoms with Gasteiger partial charge in [-0.3, -0.25) is 4.21 Å². The molecule has 0 heterocycles. The van der Waals surface area contributed by atoms with Crippen LogP contribution in [0.4, 0.5) is 4.79 Å². The van der Waals surface area contributed by atoms with E-state index in [1.807, 2.05) is 30.3 Å². The Morgan fingerprint density at radius 1 is 1.26 bits per heavy atom. The van der Waals surface area contributed by atoms with Gasteiger partial charge in [0.1, 0.15) is 0 Å². The maximum absolute atomic E-state index is 12.0. The Morgan fingerprint density at radius 3 is 2.74 bits per heavy atom. The number of carbonyl (C=O) groups excluding carboxylic acids is 1. The number of amides is 2. The third-order valence-electron chi connectivity index (χ3n) is 4.11. The molecule has 6 heteroatoms. The van der Waals surface area contributed by atoms with Crippen LogP contribution < -0.4 is 10.6 Å². The van der Waals surface area contributed by atoms with E-state index in [0.29, 0.717) is 18.1 Å². The van der Waals surface area contributed by atoms with Crippen LogP contribution in [0.2, 0.25) is 0 Å². The third-order valence-corrected chi connectivity index (χ3v) is 5.42. The minimum absolute atomic E-state index is 0.0727. The lowest BCUT2D eigenvalue weighted by molar-refractivity contribution is 0.0452. The molecule has 0 spiro atoms. The summed E-state index contributed by atoms with van der Waals surface area (Å²) in [6.07, 6.45) is 4.30. The predicted octanol–water partition coefficient (Wildman–Crippen LogP) is 2.19. The van der Waals surface area contributed by atoms with Gasteiger partial charge >= 0.3 is 6.03 Å². The molecule has 0 aliphatic heterocycles. The fourth-order valence-corrected chi connectivity index (χ4v) is 3.91. The molecule has 1 saturated carbocycles. The quantitative estimate of drug-likeness (QED) is 0.801. The van der Waals surface area contributed by atoms with Crippen LogP contribution in [-0.4, -0.2) is 41.8 Å². The van der Waals surface area contributed by atoms with Crippen molar-refractivity contribution in [3.8, 4) is 0 Å². The van der Waals surface area contributed by atoms with Crippen molar-refractivity contribution in [2.75, 3.05) is 19.4 Å². The zero-order chi connectivity index (χ0) is 16.5. The second kappa shape index (κ2) is 9.67. The summed E-state index contributed by atoms with van der Waals surface area (Å²) in [6, 6.07) is 9.62. The molecular weight excluding hydrogens is 312 g/mol. The second-order valence-corrected chi connectivity index (χ2v) is 7.42. The molecule has 0 bridgehead atoms. The summed E-state index contributed by atoms with van der Waals surface area (Å²) in [4.78, 5) is 11.9. The Bertz CT molecular complexity index is 510. The van der Waals surface area contributed by atoms with Gasteiger partial charge in [-0.1, -0.05) is 43.2 Å². The van der Waals surface area contributed by atoms with Crippen LogP contribution in [0, 0.1) is 0 Å². The van der Waals surface area contributed by atoms with Crippen molar-refractivity contribution in [1.82, 2.24) is 10.6 Å². The summed E-state index contributed by atoms with van der Waals surface area (Å²) in [6.45, 7) is 0.412. The highest BCUT2D eigenvalue weighted by Crippen LogP contribution is 2.20. The molecule has 2 N–H and O–H groups in total. The standard InChI is InChI=1S/C17H26N2O3S/c1-22-16-10-6-5-9-15(16)19-17(20)18-11-12-23(21)13-14-7-3-2-4-8-14/h2-4,7-8,15-16H,5-6,9-13H2,1H3,(H2,18,19,20). The summed E-state index contributed by atoms with van der Waals surface area (Å²) in [7, 11) is 0.720. The van der Waals surface area contributed by atoms with Gasteiger partial charge in [0, 0.05) is 36.0 Å². The van der Waals surface area contributed by atoms with Gasteiger partial charge in [-0.25, -0.2) is 4.79 Å². The SMILES string of the molecule is COC1CCCCC1NC(=O)NCCS(=O)Cc1ccccc1. The van der Waals surface area contributed by atoms with Gasteiger partial charge in [0.05, 0.1) is 12.1 Å². The minimum atomic E-state index is -0.970. The van der Waals surface area contributed by atoms with Gasteiger partial charge in [-0.2, -0.15) is 0 Å². The minimum Gasteiger partial charge on any atom is -0.379 e. The summed E-state index contributed by atoms with van der Waals surface area (Å²) in [5, 5.41) is 5.76. The number of methoxy groups -OCH3 is 1. The molecule has 0 radical (unpaired) electrons. The number of ether oxygens (including phenoxy) is 1. The average Bonchev–Trinajstić information content (AvgIpc) is 2.56. The summed E-state index contributed by atoms with van der Waals surface area (Å²) in [5.41, 5.74) is 1.06. The molecule has 2 amide bonds. The average molecular weight is 338 g/mol. The van der Waals surface area contributed by atoms with Crippen LogP contribution in [0.1, 0.15) is 31.2 Å². The molecule has 1 aliphatic rings. The summed E-state index contributed by atoms with van der Waals surface area (Å²) >= 11 is 0. The van der Waals surface area contributed by atoms with Crippen LogP contribution in [-0.2, 0) is 21.3 Å². The van der Waals surface area contributed by atoms with E-state index in [-0.39, 0.29) is 18.2 Å². The first-order valence-corrected chi connectivity index (χ1v) is 9.64. The fourth-order valence-electron chi connectivity index (χ4n) is 2.87. The predicted molar refractivity (Wildman–Crippen MR) is 92.7 cm³/mol. The summed E-state index contributed by atoms with van der Waals surface area (Å²) < 4.78 is 17.4. The van der Waals surface area contributed by atoms with Gasteiger partial charge in [0.2, 0.25) is 0 Å². The highest BCUT2D eigenvalue weighted by Gasteiger charge is 2.26. The fraction of sp³-hybridized carbons (Fsp3) is 0.588. The lowest BCUT2D eigenvalue weighted by Crippen LogP contribution is -2.50. The van der Waals surface area contributed by atoms with E-state index in [9.17, 15) is 9.00 Å². The van der Waals surface area contributed by atoms with E-state index < -0.39 is 10.8 Å². The molecule has 128 valence electrons. The molecule has 3 unspecified atom stereocenters. The number of urea groups is 1. The number of benzene rings is 1. The first-order chi connectivity index (χ1) is 11.2. The summed E-state index contributed by atoms with van der Waals surface area (Å²) in [5.74, 6) is 0.985. The van der Waals surface area contributed by atoms with Crippen LogP contribution in [0.25, 0.3) is 0 Å². The van der Waals surface area contributed by atoms with Crippen molar-refractivity contribution < 1.29 is 13.7 Å². The van der Waals surface area contributed by atoms with Gasteiger partial charge in [0.15, 0.2) is 0 Å². The molecule has 3 atom stereocenters. The number of hydrogen-bond acceptors (Lipinski definition) is 3. The zero-order valence-electron chi connectivity index (χ0n) is 13.6. The van der Waals surface area contributed by atoms with Crippen LogP contribution in [0.5, 0.6) is 0 Å². The first-order valence-electron chi connectivity index (χ1n) is 8.15. The van der Waals surface area contributed by atoms with Crippen LogP contribution in [0.3, 0.4) is 0 Å². The van der Waals surface area contributed by atoms with Crippen molar-refractivity contribution in [3.05, 3.63) is 35.9 Å². The number of hydrogen-bond donors (Lipinski definition) is 2. The molecule has 2 rings (SSSR count). The zero-order valence-corrected chi connectivity index (χ0v) is 14.4. The topological polar surface area (TPSA) is 67.4 Å². The molecule has 1 aliphatic carbocycles. The van der Waals surface area contributed by atoms with Gasteiger partial charge < -0.3 is 15.4 Å². The normalized spacial score (nSPS) is 22.3. The maximum Gasteiger partial charge on any atom is 0.315 e. The number of nitrogens with one attached hydrogen (secondary N) is 2. The van der Waals surface area contributed by atoms with E-state index in [4.69, 9.17) is 4.74 Å². The molecular formula is C17H26N2O3S. The van der Waals surface area contributed by atoms with Crippen molar-refractivity contribution in [3.63, 3.8) is 0 Å². The maximum atomic E-state index is 12.0. The highest BCUT2D eigenvalue weighted by atomic mass is 32.2. The molecule has 1 fully saturated rings. The second-order valence-electron chi connectivity index (χ2n) is 5.84. The molecule has 5 nitrogen and oxygen atoms in total. The van der Waals surface area contributed by atoms with E-state index in [2.05, 4.69) is 10.6 Å². The van der Waals surface area contributed by atoms with E-state index in [1.54, 1.807) is 7.11 Å². The Morgan fingerprint density at radius 2 is 2.00 bits per heavy atom. The first kappa shape index (κ1) is 17.9. The third kappa shape index (κ3) is 6.31. The molecule has 1 aromatic rings. The Balaban J connectivity index is 1.65. The van der Waals surface area contributed by atoms with E-state index >= 15 is 0 Å². The Labute approximate surface area is 140 Å². The van der Waals surface area contributed by atoms with E-state index in [0.717, 1.165) is 31.2 Å². The van der Waals surface area contributed by atoms with Crippen molar-refractivity contribution >= 4 is 16.8 Å². The Hall–Kier alpha value is -1.40. The molecule has 1 aromatic carbocycles. The van der Waals surface area contributed by atoms with Gasteiger partial charge in [-0.05, 0) is 18.4 Å². The molecule has 0 aromatic heterocycles. The monoisotopic (exact) mass is 338 g/mol. The van der Waals surface area contributed by atoms with E-state index in [1.165, 1.54) is 0 Å². The highest BCUT2D eigenvalue weighted by molar-refractivity contribution is 7.84. The van der Waals surface area contributed by atoms with Crippen molar-refractivity contribution in [2.24, 2.45) is 0 Å². The lowest BCUT2D eigenvalue weighted by atomic mass is 9.92. The number of rotatable bonds is 7. The Kier molecular flexibility index (Phi) is 7.55. The molecule has 0 saturated heterocycles. The lowest BCUT2D eigenvalue weighted by Gasteiger charge is -2.31. The van der Waals surface area contributed by atoms with Crippen LogP contribution >= 0.6 is 0 Å². The van der Waals surface area contributed by atoms with Gasteiger partial charge in [-0.15, -0.1) is 0 Å². The van der Waals surface area contributed by atoms with Gasteiger partial charge in [0.25, 0.3) is 0 Å². The van der Waals surface area contributed by atoms with Crippen LogP contribution in [0.15, 0.2) is 30.3 Å².